The van der Waals surface area contributed by atoms with Gasteiger partial charge in [0, 0.05) is 28.7 Å². The third-order valence-corrected chi connectivity index (χ3v) is 2.31. The largest absolute Gasteiger partial charge is 0.398 e. The van der Waals surface area contributed by atoms with Crippen LogP contribution in [0.4, 0.5) is 10.1 Å². The van der Waals surface area contributed by atoms with E-state index in [1.54, 1.807) is 12.3 Å². The summed E-state index contributed by atoms with van der Waals surface area (Å²) < 4.78 is 13.1. The number of halogens is 1. The number of rotatable bonds is 1. The van der Waals surface area contributed by atoms with Crippen LogP contribution in [-0.4, -0.2) is 4.98 Å². The molecule has 2 N–H and O–H groups in total. The Morgan fingerprint density at radius 2 is 2.00 bits per heavy atom. The van der Waals surface area contributed by atoms with Crippen molar-refractivity contribution in [3.8, 4) is 11.1 Å². The first kappa shape index (κ1) is 9.65. The molecule has 0 radical (unpaired) electrons. The topological polar surface area (TPSA) is 38.9 Å². The highest BCUT2D eigenvalue weighted by atomic mass is 19.1. The van der Waals surface area contributed by atoms with E-state index in [9.17, 15) is 4.39 Å². The van der Waals surface area contributed by atoms with Gasteiger partial charge in [-0.25, -0.2) is 4.39 Å². The van der Waals surface area contributed by atoms with Crippen molar-refractivity contribution in [1.82, 2.24) is 4.98 Å². The van der Waals surface area contributed by atoms with Crippen LogP contribution in [0.5, 0.6) is 0 Å². The van der Waals surface area contributed by atoms with E-state index in [0.29, 0.717) is 11.3 Å². The molecular formula is C12H11FN2. The van der Waals surface area contributed by atoms with Crippen LogP contribution in [-0.2, 0) is 0 Å². The number of nitrogens with two attached hydrogens (primary N) is 1. The lowest BCUT2D eigenvalue weighted by molar-refractivity contribution is 0.628. The second kappa shape index (κ2) is 3.69. The Hall–Kier alpha value is -1.90. The molecule has 2 nitrogen and oxygen atoms in total. The van der Waals surface area contributed by atoms with Crippen molar-refractivity contribution in [2.75, 3.05) is 5.73 Å². The maximum atomic E-state index is 13.1. The molecule has 0 aliphatic rings. The van der Waals surface area contributed by atoms with E-state index in [0.717, 1.165) is 11.3 Å². The lowest BCUT2D eigenvalue weighted by atomic mass is 10.0. The molecular weight excluding hydrogens is 191 g/mol. The highest BCUT2D eigenvalue weighted by Crippen LogP contribution is 2.27. The average Bonchev–Trinajstić information content (AvgIpc) is 2.23. The second-order valence-electron chi connectivity index (χ2n) is 3.37. The zero-order valence-corrected chi connectivity index (χ0v) is 8.37. The van der Waals surface area contributed by atoms with E-state index < -0.39 is 0 Å². The Morgan fingerprint density at radius 3 is 2.73 bits per heavy atom. The summed E-state index contributed by atoms with van der Waals surface area (Å²) in [5.41, 5.74) is 8.77. The molecule has 0 bridgehead atoms. The van der Waals surface area contributed by atoms with Gasteiger partial charge in [0.2, 0.25) is 0 Å². The standard InChI is InChI=1S/C12H11FN2/c1-8-10(3-2-6-15-8)11-7-9(13)4-5-12(11)14/h2-7H,14H2,1H3. The van der Waals surface area contributed by atoms with Gasteiger partial charge in [-0.1, -0.05) is 6.07 Å². The summed E-state index contributed by atoms with van der Waals surface area (Å²) in [7, 11) is 0. The van der Waals surface area contributed by atoms with Gasteiger partial charge in [-0.3, -0.25) is 4.98 Å². The van der Waals surface area contributed by atoms with Crippen LogP contribution >= 0.6 is 0 Å². The number of nitrogen functional groups attached to an aromatic ring is 1. The van der Waals surface area contributed by atoms with Crippen LogP contribution in [0.2, 0.25) is 0 Å². The van der Waals surface area contributed by atoms with Gasteiger partial charge in [-0.15, -0.1) is 0 Å². The van der Waals surface area contributed by atoms with Gasteiger partial charge in [0.25, 0.3) is 0 Å². The summed E-state index contributed by atoms with van der Waals surface area (Å²) in [5.74, 6) is -0.289. The molecule has 0 atom stereocenters. The van der Waals surface area contributed by atoms with Crippen molar-refractivity contribution in [3.05, 3.63) is 48.0 Å². The lowest BCUT2D eigenvalue weighted by Gasteiger charge is -2.07. The SMILES string of the molecule is Cc1ncccc1-c1cc(F)ccc1N. The first-order valence-corrected chi connectivity index (χ1v) is 4.65. The van der Waals surface area contributed by atoms with E-state index in [1.807, 2.05) is 19.1 Å². The minimum Gasteiger partial charge on any atom is -0.398 e. The fourth-order valence-corrected chi connectivity index (χ4v) is 1.53. The summed E-state index contributed by atoms with van der Waals surface area (Å²) in [6.07, 6.45) is 1.70. The Kier molecular flexibility index (Phi) is 2.37. The minimum absolute atomic E-state index is 0.289. The fourth-order valence-electron chi connectivity index (χ4n) is 1.53. The summed E-state index contributed by atoms with van der Waals surface area (Å²) in [4.78, 5) is 4.15. The van der Waals surface area contributed by atoms with Gasteiger partial charge in [0.05, 0.1) is 0 Å². The smallest absolute Gasteiger partial charge is 0.123 e. The first-order valence-electron chi connectivity index (χ1n) is 4.65. The Bertz CT molecular complexity index is 495. The molecule has 0 aliphatic carbocycles. The molecule has 1 aromatic heterocycles. The molecule has 3 heteroatoms. The molecule has 0 fully saturated rings. The molecule has 0 saturated heterocycles. The van der Waals surface area contributed by atoms with Gasteiger partial charge in [0.15, 0.2) is 0 Å². The monoisotopic (exact) mass is 202 g/mol. The van der Waals surface area contributed by atoms with Gasteiger partial charge in [0.1, 0.15) is 5.82 Å². The lowest BCUT2D eigenvalue weighted by Crippen LogP contribution is -1.93. The van der Waals surface area contributed by atoms with E-state index in [4.69, 9.17) is 5.73 Å². The molecule has 1 heterocycles. The molecule has 0 unspecified atom stereocenters. The van der Waals surface area contributed by atoms with Crippen molar-refractivity contribution in [2.24, 2.45) is 0 Å². The molecule has 0 saturated carbocycles. The summed E-state index contributed by atoms with van der Waals surface area (Å²) in [5, 5.41) is 0. The van der Waals surface area contributed by atoms with Crippen molar-refractivity contribution < 1.29 is 4.39 Å². The normalized spacial score (nSPS) is 10.3. The number of hydrogen-bond acceptors (Lipinski definition) is 2. The van der Waals surface area contributed by atoms with Crippen molar-refractivity contribution in [1.29, 1.82) is 0 Å². The number of anilines is 1. The van der Waals surface area contributed by atoms with E-state index in [1.165, 1.54) is 12.1 Å². The second-order valence-corrected chi connectivity index (χ2v) is 3.37. The zero-order chi connectivity index (χ0) is 10.8. The number of aryl methyl sites for hydroxylation is 1. The molecule has 76 valence electrons. The molecule has 15 heavy (non-hydrogen) atoms. The Balaban J connectivity index is 2.64. The third kappa shape index (κ3) is 1.81. The molecule has 0 spiro atoms. The highest BCUT2D eigenvalue weighted by Gasteiger charge is 2.06. The van der Waals surface area contributed by atoms with Crippen LogP contribution in [0.15, 0.2) is 36.5 Å². The number of aromatic nitrogens is 1. The number of pyridine rings is 1. The van der Waals surface area contributed by atoms with E-state index in [2.05, 4.69) is 4.98 Å². The van der Waals surface area contributed by atoms with Crippen LogP contribution in [0, 0.1) is 12.7 Å². The van der Waals surface area contributed by atoms with Crippen LogP contribution in [0.25, 0.3) is 11.1 Å². The fraction of sp³-hybridized carbons (Fsp3) is 0.0833. The molecule has 2 aromatic rings. The van der Waals surface area contributed by atoms with Gasteiger partial charge in [-0.05, 0) is 31.2 Å². The van der Waals surface area contributed by atoms with E-state index in [-0.39, 0.29) is 5.82 Å². The molecule has 1 aromatic carbocycles. The van der Waals surface area contributed by atoms with Gasteiger partial charge >= 0.3 is 0 Å². The van der Waals surface area contributed by atoms with Crippen molar-refractivity contribution in [2.45, 2.75) is 6.92 Å². The van der Waals surface area contributed by atoms with Gasteiger partial charge in [-0.2, -0.15) is 0 Å². The van der Waals surface area contributed by atoms with E-state index >= 15 is 0 Å². The Labute approximate surface area is 87.6 Å². The highest BCUT2D eigenvalue weighted by molar-refractivity contribution is 5.77. The van der Waals surface area contributed by atoms with Crippen molar-refractivity contribution in [3.63, 3.8) is 0 Å². The van der Waals surface area contributed by atoms with Crippen LogP contribution < -0.4 is 5.73 Å². The number of benzene rings is 1. The molecule has 2 rings (SSSR count). The zero-order valence-electron chi connectivity index (χ0n) is 8.37. The van der Waals surface area contributed by atoms with Crippen LogP contribution in [0.3, 0.4) is 0 Å². The number of nitrogens with zero attached hydrogens (tertiary/aromatic N) is 1. The third-order valence-electron chi connectivity index (χ3n) is 2.31. The summed E-state index contributed by atoms with van der Waals surface area (Å²) in [6, 6.07) is 8.04. The average molecular weight is 202 g/mol. The maximum absolute atomic E-state index is 13.1. The summed E-state index contributed by atoms with van der Waals surface area (Å²) in [6.45, 7) is 1.87. The predicted molar refractivity (Wildman–Crippen MR) is 58.8 cm³/mol. The minimum atomic E-state index is -0.289. The molecule has 0 amide bonds. The first-order chi connectivity index (χ1) is 7.18. The molecule has 0 aliphatic heterocycles. The predicted octanol–water partition coefficient (Wildman–Crippen LogP) is 2.78. The van der Waals surface area contributed by atoms with Gasteiger partial charge < -0.3 is 5.73 Å². The summed E-state index contributed by atoms with van der Waals surface area (Å²) >= 11 is 0. The Morgan fingerprint density at radius 1 is 1.20 bits per heavy atom. The quantitative estimate of drug-likeness (QED) is 0.722. The van der Waals surface area contributed by atoms with Crippen molar-refractivity contribution >= 4 is 5.69 Å². The number of hydrogen-bond donors (Lipinski definition) is 1. The van der Waals surface area contributed by atoms with Crippen LogP contribution in [0.1, 0.15) is 5.69 Å². The maximum Gasteiger partial charge on any atom is 0.123 e.